The number of nitrogens with one attached hydrogen (secondary N) is 1. The zero-order chi connectivity index (χ0) is 23.7. The number of hydrogen-bond donors (Lipinski definition) is 1. The van der Waals surface area contributed by atoms with Crippen molar-refractivity contribution < 1.29 is 4.79 Å². The summed E-state index contributed by atoms with van der Waals surface area (Å²) in [6, 6.07) is 18.0. The quantitative estimate of drug-likeness (QED) is 0.461. The Morgan fingerprint density at radius 2 is 1.76 bits per heavy atom. The number of benzene rings is 2. The summed E-state index contributed by atoms with van der Waals surface area (Å²) in [6.45, 7) is 5.89. The van der Waals surface area contributed by atoms with Crippen molar-refractivity contribution in [3.63, 3.8) is 0 Å². The third-order valence-corrected chi connectivity index (χ3v) is 7.31. The van der Waals surface area contributed by atoms with Gasteiger partial charge < -0.3 is 10.2 Å². The summed E-state index contributed by atoms with van der Waals surface area (Å²) >= 11 is 1.41. The van der Waals surface area contributed by atoms with Gasteiger partial charge >= 0.3 is 0 Å². The Hall–Kier alpha value is -3.45. The van der Waals surface area contributed by atoms with E-state index in [1.807, 2.05) is 54.8 Å². The highest BCUT2D eigenvalue weighted by atomic mass is 32.1. The lowest BCUT2D eigenvalue weighted by Gasteiger charge is -2.34. The minimum atomic E-state index is -0.152. The van der Waals surface area contributed by atoms with E-state index in [2.05, 4.69) is 29.3 Å². The maximum Gasteiger partial charge on any atom is 0.277 e. The number of aryl methyl sites for hydroxylation is 2. The molecule has 1 amide bonds. The molecule has 0 saturated carbocycles. The summed E-state index contributed by atoms with van der Waals surface area (Å²) in [7, 11) is 0. The van der Waals surface area contributed by atoms with E-state index < -0.39 is 0 Å². The third kappa shape index (κ3) is 4.48. The highest BCUT2D eigenvalue weighted by Crippen LogP contribution is 2.26. The van der Waals surface area contributed by atoms with Gasteiger partial charge in [-0.05, 0) is 55.8 Å². The number of amides is 1. The fourth-order valence-electron chi connectivity index (χ4n) is 4.45. The normalized spacial score (nSPS) is 16.1. The Bertz CT molecular complexity index is 1370. The minimum Gasteiger partial charge on any atom is -0.352 e. The molecule has 0 spiro atoms. The summed E-state index contributed by atoms with van der Waals surface area (Å²) in [5.41, 5.74) is 4.85. The number of rotatable bonds is 5. The first kappa shape index (κ1) is 22.3. The molecule has 1 atom stereocenters. The van der Waals surface area contributed by atoms with E-state index in [0.717, 1.165) is 36.2 Å². The molecule has 34 heavy (non-hydrogen) atoms. The number of hydrogen-bond acceptors (Lipinski definition) is 5. The second-order valence-corrected chi connectivity index (χ2v) is 9.93. The summed E-state index contributed by atoms with van der Waals surface area (Å²) in [6.07, 6.45) is 1.69. The number of anilines is 1. The molecule has 1 N–H and O–H groups in total. The largest absolute Gasteiger partial charge is 0.352 e. The highest BCUT2D eigenvalue weighted by Gasteiger charge is 2.29. The SMILES string of the molecule is Cc1ccc(CNC(=O)C2CCCN(c3nc4ccsc4c(=O)n3-c3ccc(C)cc3)C2)cc1. The Morgan fingerprint density at radius 1 is 1.06 bits per heavy atom. The average Bonchev–Trinajstić information content (AvgIpc) is 3.33. The van der Waals surface area contributed by atoms with Gasteiger partial charge in [0, 0.05) is 19.6 Å². The van der Waals surface area contributed by atoms with Crippen LogP contribution in [0.25, 0.3) is 15.9 Å². The van der Waals surface area contributed by atoms with Gasteiger partial charge in [-0.15, -0.1) is 11.3 Å². The fourth-order valence-corrected chi connectivity index (χ4v) is 5.21. The van der Waals surface area contributed by atoms with Gasteiger partial charge in [0.25, 0.3) is 5.56 Å². The molecule has 0 radical (unpaired) electrons. The van der Waals surface area contributed by atoms with Crippen molar-refractivity contribution in [2.45, 2.75) is 33.2 Å². The van der Waals surface area contributed by atoms with E-state index >= 15 is 0 Å². The summed E-state index contributed by atoms with van der Waals surface area (Å²) in [5.74, 6) is 0.502. The van der Waals surface area contributed by atoms with Crippen LogP contribution in [0.4, 0.5) is 5.95 Å². The zero-order valence-corrected chi connectivity index (χ0v) is 20.3. The van der Waals surface area contributed by atoms with Crippen LogP contribution in [0.5, 0.6) is 0 Å². The van der Waals surface area contributed by atoms with Crippen LogP contribution in [0, 0.1) is 19.8 Å². The second kappa shape index (κ2) is 9.43. The average molecular weight is 473 g/mol. The number of carbonyl (C=O) groups excluding carboxylic acids is 1. The molecule has 1 aliphatic heterocycles. The molecule has 0 bridgehead atoms. The number of fused-ring (bicyclic) bond motifs is 1. The fraction of sp³-hybridized carbons (Fsp3) is 0.296. The number of carbonyl (C=O) groups is 1. The second-order valence-electron chi connectivity index (χ2n) is 9.01. The van der Waals surface area contributed by atoms with Crippen LogP contribution >= 0.6 is 11.3 Å². The van der Waals surface area contributed by atoms with Gasteiger partial charge in [0.1, 0.15) is 4.70 Å². The monoisotopic (exact) mass is 472 g/mol. The van der Waals surface area contributed by atoms with Crippen LogP contribution < -0.4 is 15.8 Å². The molecule has 2 aromatic heterocycles. The van der Waals surface area contributed by atoms with Crippen LogP contribution in [-0.2, 0) is 11.3 Å². The first-order valence-electron chi connectivity index (χ1n) is 11.6. The topological polar surface area (TPSA) is 67.2 Å². The van der Waals surface area contributed by atoms with Crippen molar-refractivity contribution in [3.05, 3.63) is 87.0 Å². The number of aromatic nitrogens is 2. The maximum atomic E-state index is 13.5. The number of thiophene rings is 1. The van der Waals surface area contributed by atoms with Gasteiger partial charge in [-0.2, -0.15) is 0 Å². The molecule has 7 heteroatoms. The molecule has 6 nitrogen and oxygen atoms in total. The minimum absolute atomic E-state index is 0.0473. The van der Waals surface area contributed by atoms with Crippen LogP contribution in [-0.4, -0.2) is 28.5 Å². The van der Waals surface area contributed by atoms with Crippen molar-refractivity contribution in [2.24, 2.45) is 5.92 Å². The molecule has 5 rings (SSSR count). The molecule has 1 saturated heterocycles. The predicted octanol–water partition coefficient (Wildman–Crippen LogP) is 4.60. The van der Waals surface area contributed by atoms with Crippen LogP contribution in [0.3, 0.4) is 0 Å². The molecule has 1 fully saturated rings. The van der Waals surface area contributed by atoms with Gasteiger partial charge in [0.05, 0.1) is 17.1 Å². The van der Waals surface area contributed by atoms with E-state index in [9.17, 15) is 9.59 Å². The predicted molar refractivity (Wildman–Crippen MR) is 138 cm³/mol. The lowest BCUT2D eigenvalue weighted by Crippen LogP contribution is -2.45. The molecule has 3 heterocycles. The maximum absolute atomic E-state index is 13.5. The molecule has 1 aliphatic rings. The molecule has 2 aromatic carbocycles. The number of piperidine rings is 1. The molecule has 0 aliphatic carbocycles. The van der Waals surface area contributed by atoms with Gasteiger partial charge in [0.2, 0.25) is 11.9 Å². The van der Waals surface area contributed by atoms with E-state index in [0.29, 0.717) is 29.3 Å². The van der Waals surface area contributed by atoms with E-state index in [4.69, 9.17) is 4.98 Å². The van der Waals surface area contributed by atoms with Gasteiger partial charge in [-0.1, -0.05) is 47.5 Å². The van der Waals surface area contributed by atoms with Gasteiger partial charge in [0.15, 0.2) is 0 Å². The summed E-state index contributed by atoms with van der Waals surface area (Å²) in [5, 5.41) is 5.00. The van der Waals surface area contributed by atoms with Gasteiger partial charge in [-0.25, -0.2) is 9.55 Å². The lowest BCUT2D eigenvalue weighted by molar-refractivity contribution is -0.125. The third-order valence-electron chi connectivity index (χ3n) is 6.42. The number of nitrogens with zero attached hydrogens (tertiary/aromatic N) is 3. The zero-order valence-electron chi connectivity index (χ0n) is 19.5. The molecular formula is C27H28N4O2S. The van der Waals surface area contributed by atoms with Gasteiger partial charge in [-0.3, -0.25) is 9.59 Å². The van der Waals surface area contributed by atoms with Crippen molar-refractivity contribution in [3.8, 4) is 5.69 Å². The molecule has 1 unspecified atom stereocenters. The van der Waals surface area contributed by atoms with Crippen molar-refractivity contribution >= 4 is 33.4 Å². The van der Waals surface area contributed by atoms with E-state index in [-0.39, 0.29) is 17.4 Å². The van der Waals surface area contributed by atoms with Crippen molar-refractivity contribution in [1.82, 2.24) is 14.9 Å². The summed E-state index contributed by atoms with van der Waals surface area (Å²) in [4.78, 5) is 33.5. The Labute approximate surface area is 202 Å². The van der Waals surface area contributed by atoms with E-state index in [1.54, 1.807) is 4.57 Å². The molecule has 4 aromatic rings. The van der Waals surface area contributed by atoms with E-state index in [1.165, 1.54) is 16.9 Å². The van der Waals surface area contributed by atoms with Crippen molar-refractivity contribution in [1.29, 1.82) is 0 Å². The molecular weight excluding hydrogens is 444 g/mol. The Balaban J connectivity index is 1.42. The lowest BCUT2D eigenvalue weighted by atomic mass is 9.97. The summed E-state index contributed by atoms with van der Waals surface area (Å²) < 4.78 is 2.35. The van der Waals surface area contributed by atoms with Crippen LogP contribution in [0.15, 0.2) is 64.8 Å². The van der Waals surface area contributed by atoms with Crippen molar-refractivity contribution in [2.75, 3.05) is 18.0 Å². The first-order valence-corrected chi connectivity index (χ1v) is 12.5. The smallest absolute Gasteiger partial charge is 0.277 e. The van der Waals surface area contributed by atoms with Crippen LogP contribution in [0.1, 0.15) is 29.5 Å². The Kier molecular flexibility index (Phi) is 6.20. The molecule has 174 valence electrons. The standard InChI is InChI=1S/C27H28N4O2S/c1-18-5-9-20(10-6-18)16-28-25(32)21-4-3-14-30(17-21)27-29-23-13-15-34-24(23)26(33)31(27)22-11-7-19(2)8-12-22/h5-13,15,21H,3-4,14,16-17H2,1-2H3,(H,28,32). The first-order chi connectivity index (χ1) is 16.5. The van der Waals surface area contributed by atoms with Crippen LogP contribution in [0.2, 0.25) is 0 Å². The highest BCUT2D eigenvalue weighted by molar-refractivity contribution is 7.17. The Morgan fingerprint density at radius 3 is 2.50 bits per heavy atom.